The van der Waals surface area contributed by atoms with Crippen LogP contribution in [0.4, 0.5) is 0 Å². The zero-order valence-electron chi connectivity index (χ0n) is 10.4. The normalized spacial score (nSPS) is 22.2. The third-order valence-electron chi connectivity index (χ3n) is 2.76. The standard InChI is InChI=1S/C11H19N3O3/c1-6(2)4-7(12)10(16)13-8-5-9(15)14(3)11(8)17/h6-8H,4-5,12H2,1-3H3,(H,13,16)/t7-,8?/m0/s1. The van der Waals surface area contributed by atoms with Gasteiger partial charge in [-0.15, -0.1) is 0 Å². The molecule has 2 atom stereocenters. The van der Waals surface area contributed by atoms with Crippen molar-refractivity contribution in [3.05, 3.63) is 0 Å². The second kappa shape index (κ2) is 5.27. The van der Waals surface area contributed by atoms with Gasteiger partial charge >= 0.3 is 0 Å². The molecule has 1 unspecified atom stereocenters. The van der Waals surface area contributed by atoms with E-state index in [0.717, 1.165) is 4.90 Å². The van der Waals surface area contributed by atoms with E-state index in [1.54, 1.807) is 0 Å². The minimum Gasteiger partial charge on any atom is -0.342 e. The van der Waals surface area contributed by atoms with Gasteiger partial charge in [-0.25, -0.2) is 0 Å². The summed E-state index contributed by atoms with van der Waals surface area (Å²) >= 11 is 0. The number of likely N-dealkylation sites (N-methyl/N-ethyl adjacent to an activating group) is 1. The van der Waals surface area contributed by atoms with Gasteiger partial charge in [-0.3, -0.25) is 19.3 Å². The first-order chi connectivity index (χ1) is 7.82. The van der Waals surface area contributed by atoms with E-state index in [2.05, 4.69) is 5.32 Å². The summed E-state index contributed by atoms with van der Waals surface area (Å²) in [7, 11) is 1.41. The highest BCUT2D eigenvalue weighted by atomic mass is 16.2. The van der Waals surface area contributed by atoms with Crippen LogP contribution in [0.25, 0.3) is 0 Å². The van der Waals surface area contributed by atoms with Gasteiger partial charge in [0.1, 0.15) is 6.04 Å². The van der Waals surface area contributed by atoms with Crippen LogP contribution in [0.5, 0.6) is 0 Å². The maximum Gasteiger partial charge on any atom is 0.252 e. The second-order valence-corrected chi connectivity index (χ2v) is 4.79. The van der Waals surface area contributed by atoms with Crippen LogP contribution < -0.4 is 11.1 Å². The molecule has 0 aromatic rings. The highest BCUT2D eigenvalue weighted by Crippen LogP contribution is 2.11. The molecular weight excluding hydrogens is 222 g/mol. The fourth-order valence-corrected chi connectivity index (χ4v) is 1.76. The van der Waals surface area contributed by atoms with Gasteiger partial charge in [0.25, 0.3) is 5.91 Å². The third kappa shape index (κ3) is 3.26. The lowest BCUT2D eigenvalue weighted by Crippen LogP contribution is -2.48. The Balaban J connectivity index is 2.52. The van der Waals surface area contributed by atoms with E-state index in [-0.39, 0.29) is 24.1 Å². The Morgan fingerprint density at radius 2 is 2.12 bits per heavy atom. The van der Waals surface area contributed by atoms with Crippen molar-refractivity contribution in [1.29, 1.82) is 0 Å². The van der Waals surface area contributed by atoms with Gasteiger partial charge in [0, 0.05) is 7.05 Å². The number of nitrogens with two attached hydrogens (primary N) is 1. The molecule has 0 aliphatic carbocycles. The van der Waals surface area contributed by atoms with Crippen LogP contribution in [0.1, 0.15) is 26.7 Å². The first kappa shape index (κ1) is 13.6. The zero-order chi connectivity index (χ0) is 13.2. The van der Waals surface area contributed by atoms with E-state index in [1.165, 1.54) is 7.05 Å². The van der Waals surface area contributed by atoms with Crippen molar-refractivity contribution in [3.8, 4) is 0 Å². The first-order valence-corrected chi connectivity index (χ1v) is 5.69. The molecule has 3 amide bonds. The Labute approximate surface area is 101 Å². The van der Waals surface area contributed by atoms with Gasteiger partial charge in [-0.05, 0) is 12.3 Å². The zero-order valence-corrected chi connectivity index (χ0v) is 10.4. The van der Waals surface area contributed by atoms with E-state index in [1.807, 2.05) is 13.8 Å². The van der Waals surface area contributed by atoms with E-state index in [0.29, 0.717) is 12.3 Å². The van der Waals surface area contributed by atoms with Crippen molar-refractivity contribution in [2.75, 3.05) is 7.05 Å². The molecule has 1 aliphatic rings. The molecule has 17 heavy (non-hydrogen) atoms. The van der Waals surface area contributed by atoms with Crippen LogP contribution in [0.15, 0.2) is 0 Å². The predicted molar refractivity (Wildman–Crippen MR) is 61.8 cm³/mol. The summed E-state index contributed by atoms with van der Waals surface area (Å²) in [4.78, 5) is 35.5. The van der Waals surface area contributed by atoms with E-state index >= 15 is 0 Å². The molecule has 0 aromatic heterocycles. The van der Waals surface area contributed by atoms with Gasteiger partial charge in [-0.1, -0.05) is 13.8 Å². The third-order valence-corrected chi connectivity index (χ3v) is 2.76. The number of hydrogen-bond donors (Lipinski definition) is 2. The fraction of sp³-hybridized carbons (Fsp3) is 0.727. The highest BCUT2D eigenvalue weighted by Gasteiger charge is 2.37. The fourth-order valence-electron chi connectivity index (χ4n) is 1.76. The second-order valence-electron chi connectivity index (χ2n) is 4.79. The number of nitrogens with one attached hydrogen (secondary N) is 1. The average molecular weight is 241 g/mol. The number of likely N-dealkylation sites (tertiary alicyclic amines) is 1. The predicted octanol–water partition coefficient (Wildman–Crippen LogP) is -0.767. The van der Waals surface area contributed by atoms with Crippen molar-refractivity contribution in [2.45, 2.75) is 38.8 Å². The molecule has 0 aromatic carbocycles. The molecule has 1 aliphatic heterocycles. The number of imide groups is 1. The van der Waals surface area contributed by atoms with Gasteiger partial charge < -0.3 is 11.1 Å². The Bertz CT molecular complexity index is 341. The summed E-state index contributed by atoms with van der Waals surface area (Å²) in [5.74, 6) is -0.725. The summed E-state index contributed by atoms with van der Waals surface area (Å²) in [6.07, 6.45) is 0.575. The molecule has 96 valence electrons. The van der Waals surface area contributed by atoms with Crippen LogP contribution in [-0.2, 0) is 14.4 Å². The molecule has 0 bridgehead atoms. The van der Waals surface area contributed by atoms with Gasteiger partial charge in [-0.2, -0.15) is 0 Å². The molecule has 0 radical (unpaired) electrons. The summed E-state index contributed by atoms with van der Waals surface area (Å²) in [5.41, 5.74) is 5.69. The topological polar surface area (TPSA) is 92.5 Å². The van der Waals surface area contributed by atoms with E-state index < -0.39 is 12.1 Å². The van der Waals surface area contributed by atoms with Crippen LogP contribution in [0.2, 0.25) is 0 Å². The molecule has 0 saturated carbocycles. The van der Waals surface area contributed by atoms with Crippen LogP contribution >= 0.6 is 0 Å². The number of nitrogens with zero attached hydrogens (tertiary/aromatic N) is 1. The smallest absolute Gasteiger partial charge is 0.252 e. The molecule has 1 saturated heterocycles. The molecule has 1 heterocycles. The van der Waals surface area contributed by atoms with Crippen molar-refractivity contribution in [3.63, 3.8) is 0 Å². The molecule has 3 N–H and O–H groups in total. The molecular formula is C11H19N3O3. The lowest BCUT2D eigenvalue weighted by atomic mass is 10.0. The summed E-state index contributed by atoms with van der Waals surface area (Å²) in [6, 6.07) is -1.39. The lowest BCUT2D eigenvalue weighted by molar-refractivity contribution is -0.138. The van der Waals surface area contributed by atoms with Crippen molar-refractivity contribution in [2.24, 2.45) is 11.7 Å². The molecule has 0 spiro atoms. The number of rotatable bonds is 4. The largest absolute Gasteiger partial charge is 0.342 e. The molecule has 6 nitrogen and oxygen atoms in total. The highest BCUT2D eigenvalue weighted by molar-refractivity contribution is 6.06. The quantitative estimate of drug-likeness (QED) is 0.632. The number of carbonyl (C=O) groups excluding carboxylic acids is 3. The van der Waals surface area contributed by atoms with Crippen molar-refractivity contribution < 1.29 is 14.4 Å². The number of amides is 3. The molecule has 1 fully saturated rings. The van der Waals surface area contributed by atoms with Crippen molar-refractivity contribution in [1.82, 2.24) is 10.2 Å². The Hall–Kier alpha value is -1.43. The van der Waals surface area contributed by atoms with Crippen LogP contribution in [0.3, 0.4) is 0 Å². The first-order valence-electron chi connectivity index (χ1n) is 5.69. The monoisotopic (exact) mass is 241 g/mol. The van der Waals surface area contributed by atoms with Gasteiger partial charge in [0.05, 0.1) is 12.5 Å². The summed E-state index contributed by atoms with van der Waals surface area (Å²) in [6.45, 7) is 3.93. The Kier molecular flexibility index (Phi) is 4.22. The Morgan fingerprint density at radius 1 is 1.53 bits per heavy atom. The summed E-state index contributed by atoms with van der Waals surface area (Å²) < 4.78 is 0. The molecule has 6 heteroatoms. The molecule has 1 rings (SSSR count). The van der Waals surface area contributed by atoms with E-state index in [4.69, 9.17) is 5.73 Å². The number of carbonyl (C=O) groups is 3. The van der Waals surface area contributed by atoms with Gasteiger partial charge in [0.15, 0.2) is 0 Å². The maximum absolute atomic E-state index is 11.7. The summed E-state index contributed by atoms with van der Waals surface area (Å²) in [5, 5.41) is 2.52. The SMILES string of the molecule is CC(C)C[C@H](N)C(=O)NC1CC(=O)N(C)C1=O. The van der Waals surface area contributed by atoms with Crippen LogP contribution in [0, 0.1) is 5.92 Å². The lowest BCUT2D eigenvalue weighted by Gasteiger charge is -2.16. The Morgan fingerprint density at radius 3 is 2.53 bits per heavy atom. The van der Waals surface area contributed by atoms with E-state index in [9.17, 15) is 14.4 Å². The number of hydrogen-bond acceptors (Lipinski definition) is 4. The minimum absolute atomic E-state index is 0.0233. The average Bonchev–Trinajstić information content (AvgIpc) is 2.45. The maximum atomic E-state index is 11.7. The van der Waals surface area contributed by atoms with Gasteiger partial charge in [0.2, 0.25) is 11.8 Å². The van der Waals surface area contributed by atoms with Crippen molar-refractivity contribution >= 4 is 17.7 Å². The minimum atomic E-state index is -0.752. The van der Waals surface area contributed by atoms with Crippen LogP contribution in [-0.4, -0.2) is 41.8 Å².